The number of piperidine rings is 1. The highest BCUT2D eigenvalue weighted by Crippen LogP contribution is 2.48. The van der Waals surface area contributed by atoms with Crippen LogP contribution in [0.4, 0.5) is 18.3 Å². The highest BCUT2D eigenvalue weighted by molar-refractivity contribution is 7.19. The van der Waals surface area contributed by atoms with Gasteiger partial charge in [0.25, 0.3) is 0 Å². The minimum absolute atomic E-state index is 0.407. The van der Waals surface area contributed by atoms with Crippen molar-refractivity contribution in [2.24, 2.45) is 0 Å². The average molecular weight is 429 g/mol. The molecule has 5 rings (SSSR count). The average Bonchev–Trinajstić information content (AvgIpc) is 3.52. The van der Waals surface area contributed by atoms with Gasteiger partial charge in [-0.05, 0) is 50.2 Å². The fourth-order valence-corrected chi connectivity index (χ4v) is 5.06. The number of nitrogens with zero attached hydrogens (tertiary/aromatic N) is 4. The number of hydrogen-bond donors (Lipinski definition) is 0. The van der Waals surface area contributed by atoms with Gasteiger partial charge in [0, 0.05) is 30.4 Å². The molecule has 1 aromatic carbocycles. The Bertz CT molecular complexity index is 1050. The zero-order valence-corrected chi connectivity index (χ0v) is 17.1. The Morgan fingerprint density at radius 2 is 1.87 bits per heavy atom. The van der Waals surface area contributed by atoms with E-state index in [0.29, 0.717) is 17.2 Å². The summed E-state index contributed by atoms with van der Waals surface area (Å²) in [6, 6.07) is 5.40. The van der Waals surface area contributed by atoms with Crippen molar-refractivity contribution >= 4 is 16.5 Å². The van der Waals surface area contributed by atoms with Crippen LogP contribution in [0.25, 0.3) is 21.8 Å². The van der Waals surface area contributed by atoms with Crippen LogP contribution in [0.15, 0.2) is 30.5 Å². The molecule has 155 valence electrons. The van der Waals surface area contributed by atoms with Gasteiger partial charge in [-0.1, -0.05) is 23.5 Å². The van der Waals surface area contributed by atoms with Crippen molar-refractivity contribution in [1.29, 1.82) is 0 Å². The van der Waals surface area contributed by atoms with E-state index in [0.717, 1.165) is 66.1 Å². The predicted octanol–water partition coefficient (Wildman–Crippen LogP) is 5.95. The molecule has 8 heteroatoms. The summed E-state index contributed by atoms with van der Waals surface area (Å²) in [7, 11) is 0. The number of thiazole rings is 1. The third-order valence-corrected chi connectivity index (χ3v) is 6.76. The molecule has 30 heavy (non-hydrogen) atoms. The molecule has 1 aliphatic carbocycles. The molecule has 0 spiro atoms. The molecule has 0 unspecified atom stereocenters. The maximum Gasteiger partial charge on any atom is 0.416 e. The molecule has 1 saturated heterocycles. The third-order valence-electron chi connectivity index (χ3n) is 5.63. The summed E-state index contributed by atoms with van der Waals surface area (Å²) in [5.74, 6) is 0.407. The van der Waals surface area contributed by atoms with E-state index in [-0.39, 0.29) is 0 Å². The van der Waals surface area contributed by atoms with E-state index in [2.05, 4.69) is 21.2 Å². The summed E-state index contributed by atoms with van der Waals surface area (Å²) >= 11 is 1.51. The van der Waals surface area contributed by atoms with Gasteiger partial charge < -0.3 is 4.90 Å². The van der Waals surface area contributed by atoms with Gasteiger partial charge in [0.15, 0.2) is 11.5 Å². The van der Waals surface area contributed by atoms with Gasteiger partial charge in [-0.25, -0.2) is 15.0 Å². The summed E-state index contributed by atoms with van der Waals surface area (Å²) < 4.78 is 40.0. The Labute approximate surface area is 176 Å². The van der Waals surface area contributed by atoms with E-state index in [9.17, 15) is 13.2 Å². The van der Waals surface area contributed by atoms with Crippen molar-refractivity contribution in [3.05, 3.63) is 47.9 Å². The molecule has 0 amide bonds. The van der Waals surface area contributed by atoms with Crippen LogP contribution >= 0.6 is 11.3 Å². The van der Waals surface area contributed by atoms with Gasteiger partial charge in [-0.3, -0.25) is 0 Å². The van der Waals surface area contributed by atoms with Crippen molar-refractivity contribution in [1.82, 2.24) is 15.0 Å². The largest absolute Gasteiger partial charge is 0.416 e. The summed E-state index contributed by atoms with van der Waals surface area (Å²) in [5, 5.41) is 0.845. The molecule has 2 aromatic heterocycles. The number of hydrogen-bond acceptors (Lipinski definition) is 5. The van der Waals surface area contributed by atoms with E-state index in [1.54, 1.807) is 12.3 Å². The molecule has 1 radical (unpaired) electrons. The molecule has 2 aliphatic rings. The van der Waals surface area contributed by atoms with Crippen LogP contribution in [-0.2, 0) is 6.18 Å². The monoisotopic (exact) mass is 429 g/mol. The van der Waals surface area contributed by atoms with E-state index in [4.69, 9.17) is 4.98 Å². The first kappa shape index (κ1) is 19.5. The molecular formula is C22H20F3N4S. The van der Waals surface area contributed by atoms with Crippen molar-refractivity contribution < 1.29 is 13.2 Å². The SMILES string of the molecule is FC(F)(F)c1cccc(-c2nc(N3CCCCC3)sc2-c2n[c]ncc2C2CC2)c1. The topological polar surface area (TPSA) is 41.9 Å². The van der Waals surface area contributed by atoms with Gasteiger partial charge >= 0.3 is 6.18 Å². The normalized spacial score (nSPS) is 17.4. The van der Waals surface area contributed by atoms with Gasteiger partial charge in [0.2, 0.25) is 0 Å². The summed E-state index contributed by atoms with van der Waals surface area (Å²) in [6.07, 6.45) is 5.62. The van der Waals surface area contributed by atoms with Gasteiger partial charge in [0.1, 0.15) is 0 Å². The predicted molar refractivity (Wildman–Crippen MR) is 110 cm³/mol. The standard InChI is InChI=1S/C22H20F3N4S/c23-22(24,25)16-6-4-5-15(11-16)18-20(19-17(14-7-8-14)12-26-13-27-19)30-21(28-18)29-9-2-1-3-10-29/h4-6,11-12,14H,1-3,7-10H2. The Hall–Kier alpha value is -2.48. The Balaban J connectivity index is 1.65. The van der Waals surface area contributed by atoms with E-state index >= 15 is 0 Å². The summed E-state index contributed by atoms with van der Waals surface area (Å²) in [6.45, 7) is 1.83. The number of aromatic nitrogens is 3. The molecule has 2 fully saturated rings. The number of benzene rings is 1. The zero-order valence-electron chi connectivity index (χ0n) is 16.2. The molecule has 0 atom stereocenters. The highest BCUT2D eigenvalue weighted by atomic mass is 32.1. The first-order valence-electron chi connectivity index (χ1n) is 10.2. The number of halogens is 3. The van der Waals surface area contributed by atoms with Crippen molar-refractivity contribution in [2.75, 3.05) is 18.0 Å². The lowest BCUT2D eigenvalue weighted by Gasteiger charge is -2.25. The number of rotatable bonds is 4. The lowest BCUT2D eigenvalue weighted by Crippen LogP contribution is -2.29. The molecule has 1 aliphatic heterocycles. The van der Waals surface area contributed by atoms with Crippen LogP contribution in [0.2, 0.25) is 0 Å². The molecule has 3 aromatic rings. The van der Waals surface area contributed by atoms with Crippen LogP contribution in [0.3, 0.4) is 0 Å². The second-order valence-electron chi connectivity index (χ2n) is 7.85. The molecule has 1 saturated carbocycles. The van der Waals surface area contributed by atoms with Crippen molar-refractivity contribution in [3.63, 3.8) is 0 Å². The molecule has 3 heterocycles. The minimum Gasteiger partial charge on any atom is -0.348 e. The van der Waals surface area contributed by atoms with Crippen molar-refractivity contribution in [2.45, 2.75) is 44.2 Å². The van der Waals surface area contributed by atoms with Crippen LogP contribution < -0.4 is 4.90 Å². The van der Waals surface area contributed by atoms with Gasteiger partial charge in [0.05, 0.1) is 21.8 Å². The maximum absolute atomic E-state index is 13.3. The van der Waals surface area contributed by atoms with Crippen LogP contribution in [0.1, 0.15) is 49.1 Å². The molecule has 4 nitrogen and oxygen atoms in total. The second-order valence-corrected chi connectivity index (χ2v) is 8.83. The molecule has 0 N–H and O–H groups in total. The number of alkyl halides is 3. The van der Waals surface area contributed by atoms with Crippen LogP contribution in [0, 0.1) is 6.33 Å². The fraction of sp³-hybridized carbons (Fsp3) is 0.409. The lowest BCUT2D eigenvalue weighted by atomic mass is 10.0. The van der Waals surface area contributed by atoms with Gasteiger partial charge in [-0.2, -0.15) is 13.2 Å². The second kappa shape index (κ2) is 7.65. The van der Waals surface area contributed by atoms with E-state index < -0.39 is 11.7 Å². The first-order chi connectivity index (χ1) is 14.5. The van der Waals surface area contributed by atoms with E-state index in [1.165, 1.54) is 29.9 Å². The highest BCUT2D eigenvalue weighted by Gasteiger charge is 2.33. The first-order valence-corrected chi connectivity index (χ1v) is 11.0. The third kappa shape index (κ3) is 3.80. The van der Waals surface area contributed by atoms with Crippen LogP contribution in [-0.4, -0.2) is 28.0 Å². The Morgan fingerprint density at radius 3 is 2.60 bits per heavy atom. The quantitative estimate of drug-likeness (QED) is 0.514. The zero-order chi connectivity index (χ0) is 20.7. The molecule has 0 bridgehead atoms. The minimum atomic E-state index is -4.40. The Kier molecular flexibility index (Phi) is 4.97. The van der Waals surface area contributed by atoms with Crippen LogP contribution in [0.5, 0.6) is 0 Å². The summed E-state index contributed by atoms with van der Waals surface area (Å²) in [4.78, 5) is 16.3. The van der Waals surface area contributed by atoms with Gasteiger partial charge in [-0.15, -0.1) is 0 Å². The summed E-state index contributed by atoms with van der Waals surface area (Å²) in [5.41, 5.74) is 2.13. The number of anilines is 1. The van der Waals surface area contributed by atoms with E-state index in [1.807, 2.05) is 0 Å². The molecular weight excluding hydrogens is 409 g/mol. The van der Waals surface area contributed by atoms with Crippen molar-refractivity contribution in [3.8, 4) is 21.8 Å². The smallest absolute Gasteiger partial charge is 0.348 e. The maximum atomic E-state index is 13.3. The lowest BCUT2D eigenvalue weighted by molar-refractivity contribution is -0.137. The fourth-order valence-electron chi connectivity index (χ4n) is 3.91. The Morgan fingerprint density at radius 1 is 1.07 bits per heavy atom.